The maximum Gasteiger partial charge on any atom is 0.416 e. The molecule has 1 aliphatic rings. The lowest BCUT2D eigenvalue weighted by Crippen LogP contribution is -2.38. The van der Waals surface area contributed by atoms with Crippen molar-refractivity contribution >= 4 is 5.97 Å². The van der Waals surface area contributed by atoms with E-state index in [2.05, 4.69) is 5.32 Å². The molecule has 0 saturated carbocycles. The molecule has 0 amide bonds. The number of hydrogen-bond donors (Lipinski definition) is 2. The van der Waals surface area contributed by atoms with E-state index >= 15 is 0 Å². The van der Waals surface area contributed by atoms with Crippen LogP contribution in [0.2, 0.25) is 0 Å². The molecule has 0 spiro atoms. The van der Waals surface area contributed by atoms with Gasteiger partial charge in [-0.25, -0.2) is 0 Å². The third-order valence-corrected chi connectivity index (χ3v) is 3.03. The highest BCUT2D eigenvalue weighted by Crippen LogP contribution is 2.35. The summed E-state index contributed by atoms with van der Waals surface area (Å²) in [6.45, 7) is 0.0585. The van der Waals surface area contributed by atoms with Crippen LogP contribution in [0.25, 0.3) is 0 Å². The summed E-state index contributed by atoms with van der Waals surface area (Å²) in [6, 6.07) is 3.74. The SMILES string of the molecule is O=C(O)CC1Cc2cccc(C(F)(F)F)c2CN1. The van der Waals surface area contributed by atoms with Crippen LogP contribution in [0.15, 0.2) is 18.2 Å². The first-order chi connectivity index (χ1) is 8.38. The zero-order chi connectivity index (χ0) is 13.3. The Hall–Kier alpha value is -1.56. The van der Waals surface area contributed by atoms with Crippen molar-refractivity contribution in [1.29, 1.82) is 0 Å². The normalized spacial score (nSPS) is 19.4. The molecule has 18 heavy (non-hydrogen) atoms. The molecule has 1 unspecified atom stereocenters. The molecule has 2 N–H and O–H groups in total. The van der Waals surface area contributed by atoms with Crippen LogP contribution >= 0.6 is 0 Å². The van der Waals surface area contributed by atoms with E-state index in [9.17, 15) is 18.0 Å². The van der Waals surface area contributed by atoms with E-state index in [0.29, 0.717) is 12.0 Å². The lowest BCUT2D eigenvalue weighted by molar-refractivity contribution is -0.139. The monoisotopic (exact) mass is 259 g/mol. The summed E-state index contributed by atoms with van der Waals surface area (Å²) in [5, 5.41) is 11.5. The van der Waals surface area contributed by atoms with Crippen molar-refractivity contribution in [3.63, 3.8) is 0 Å². The molecule has 1 aromatic rings. The molecule has 1 atom stereocenters. The lowest BCUT2D eigenvalue weighted by Gasteiger charge is -2.27. The smallest absolute Gasteiger partial charge is 0.416 e. The molecule has 0 bridgehead atoms. The predicted octanol–water partition coefficient (Wildman–Crippen LogP) is 2.19. The highest BCUT2D eigenvalue weighted by molar-refractivity contribution is 5.67. The van der Waals surface area contributed by atoms with Gasteiger partial charge in [0.2, 0.25) is 0 Å². The van der Waals surface area contributed by atoms with Gasteiger partial charge >= 0.3 is 12.1 Å². The van der Waals surface area contributed by atoms with Gasteiger partial charge in [0.1, 0.15) is 0 Å². The van der Waals surface area contributed by atoms with Gasteiger partial charge in [0.25, 0.3) is 0 Å². The number of hydrogen-bond acceptors (Lipinski definition) is 2. The Labute approximate surface area is 102 Å². The van der Waals surface area contributed by atoms with Gasteiger partial charge in [0.05, 0.1) is 12.0 Å². The van der Waals surface area contributed by atoms with Gasteiger partial charge in [-0.3, -0.25) is 4.79 Å². The minimum absolute atomic E-state index is 0.0585. The molecule has 0 aliphatic carbocycles. The first-order valence-electron chi connectivity index (χ1n) is 5.51. The Morgan fingerprint density at radius 1 is 1.44 bits per heavy atom. The number of rotatable bonds is 2. The third kappa shape index (κ3) is 2.64. The average molecular weight is 259 g/mol. The van der Waals surface area contributed by atoms with Crippen molar-refractivity contribution in [1.82, 2.24) is 5.32 Å². The van der Waals surface area contributed by atoms with Crippen molar-refractivity contribution < 1.29 is 23.1 Å². The van der Waals surface area contributed by atoms with E-state index < -0.39 is 17.7 Å². The van der Waals surface area contributed by atoms with Gasteiger partial charge in [0, 0.05) is 12.6 Å². The molecule has 0 fully saturated rings. The van der Waals surface area contributed by atoms with Gasteiger partial charge < -0.3 is 10.4 Å². The molecule has 1 aliphatic heterocycles. The van der Waals surface area contributed by atoms with Crippen LogP contribution in [-0.2, 0) is 23.9 Å². The van der Waals surface area contributed by atoms with Gasteiger partial charge in [-0.15, -0.1) is 0 Å². The fourth-order valence-electron chi connectivity index (χ4n) is 2.24. The van der Waals surface area contributed by atoms with Crippen LogP contribution < -0.4 is 5.32 Å². The fourth-order valence-corrected chi connectivity index (χ4v) is 2.24. The first-order valence-corrected chi connectivity index (χ1v) is 5.51. The minimum Gasteiger partial charge on any atom is -0.481 e. The average Bonchev–Trinajstić information content (AvgIpc) is 2.25. The molecule has 0 aromatic heterocycles. The van der Waals surface area contributed by atoms with E-state index in [1.165, 1.54) is 6.07 Å². The number of halogens is 3. The first kappa shape index (κ1) is 12.9. The van der Waals surface area contributed by atoms with Crippen molar-refractivity contribution in [3.8, 4) is 0 Å². The molecule has 3 nitrogen and oxygen atoms in total. The Morgan fingerprint density at radius 2 is 2.17 bits per heavy atom. The topological polar surface area (TPSA) is 49.3 Å². The summed E-state index contributed by atoms with van der Waals surface area (Å²) in [5.41, 5.74) is 0.169. The summed E-state index contributed by atoms with van der Waals surface area (Å²) in [7, 11) is 0. The lowest BCUT2D eigenvalue weighted by atomic mass is 9.91. The number of nitrogens with one attached hydrogen (secondary N) is 1. The van der Waals surface area contributed by atoms with E-state index in [-0.39, 0.29) is 24.6 Å². The summed E-state index contributed by atoms with van der Waals surface area (Å²) < 4.78 is 38.3. The molecule has 6 heteroatoms. The molecule has 0 radical (unpaired) electrons. The van der Waals surface area contributed by atoms with E-state index in [1.807, 2.05) is 0 Å². The highest BCUT2D eigenvalue weighted by atomic mass is 19.4. The zero-order valence-electron chi connectivity index (χ0n) is 9.42. The van der Waals surface area contributed by atoms with Crippen LogP contribution in [0.3, 0.4) is 0 Å². The summed E-state index contributed by atoms with van der Waals surface area (Å²) in [5.74, 6) is -0.956. The number of benzene rings is 1. The third-order valence-electron chi connectivity index (χ3n) is 3.03. The predicted molar refractivity (Wildman–Crippen MR) is 58.0 cm³/mol. The molecular weight excluding hydrogens is 247 g/mol. The quantitative estimate of drug-likeness (QED) is 0.856. The maximum atomic E-state index is 12.8. The van der Waals surface area contributed by atoms with Crippen molar-refractivity contribution in [2.24, 2.45) is 0 Å². The van der Waals surface area contributed by atoms with Crippen LogP contribution in [0.1, 0.15) is 23.1 Å². The number of carboxylic acids is 1. The molecule has 1 aromatic carbocycles. The Kier molecular flexibility index (Phi) is 3.30. The molecule has 2 rings (SSSR count). The number of alkyl halides is 3. The van der Waals surface area contributed by atoms with Gasteiger partial charge in [-0.1, -0.05) is 12.1 Å². The maximum absolute atomic E-state index is 12.8. The fraction of sp³-hybridized carbons (Fsp3) is 0.417. The minimum atomic E-state index is -4.37. The summed E-state index contributed by atoms with van der Waals surface area (Å²) in [4.78, 5) is 10.6. The summed E-state index contributed by atoms with van der Waals surface area (Å²) >= 11 is 0. The molecular formula is C12H12F3NO2. The van der Waals surface area contributed by atoms with Gasteiger partial charge in [-0.2, -0.15) is 13.2 Å². The molecule has 98 valence electrons. The number of carboxylic acid groups (broad SMARTS) is 1. The largest absolute Gasteiger partial charge is 0.481 e. The second-order valence-electron chi connectivity index (χ2n) is 4.32. The highest BCUT2D eigenvalue weighted by Gasteiger charge is 2.35. The van der Waals surface area contributed by atoms with E-state index in [0.717, 1.165) is 6.07 Å². The number of carbonyl (C=O) groups is 1. The van der Waals surface area contributed by atoms with Crippen LogP contribution in [0.5, 0.6) is 0 Å². The van der Waals surface area contributed by atoms with Gasteiger partial charge in [0.15, 0.2) is 0 Å². The van der Waals surface area contributed by atoms with Crippen molar-refractivity contribution in [3.05, 3.63) is 34.9 Å². The van der Waals surface area contributed by atoms with Gasteiger partial charge in [-0.05, 0) is 23.6 Å². The molecule has 1 heterocycles. The number of fused-ring (bicyclic) bond motifs is 1. The second-order valence-corrected chi connectivity index (χ2v) is 4.32. The second kappa shape index (κ2) is 4.61. The zero-order valence-corrected chi connectivity index (χ0v) is 9.42. The van der Waals surface area contributed by atoms with Crippen LogP contribution in [0.4, 0.5) is 13.2 Å². The van der Waals surface area contributed by atoms with E-state index in [1.54, 1.807) is 6.07 Å². The Balaban J connectivity index is 2.27. The summed E-state index contributed by atoms with van der Waals surface area (Å²) in [6.07, 6.45) is -4.14. The Bertz CT molecular complexity index is 471. The van der Waals surface area contributed by atoms with E-state index in [4.69, 9.17) is 5.11 Å². The van der Waals surface area contributed by atoms with Crippen LogP contribution in [0, 0.1) is 0 Å². The Morgan fingerprint density at radius 3 is 2.78 bits per heavy atom. The standard InChI is InChI=1S/C12H12F3NO2/c13-12(14,15)10-3-1-2-7-4-8(5-11(17)18)16-6-9(7)10/h1-3,8,16H,4-6H2,(H,17,18). The van der Waals surface area contributed by atoms with Crippen molar-refractivity contribution in [2.45, 2.75) is 31.6 Å². The molecule has 0 saturated heterocycles. The van der Waals surface area contributed by atoms with Crippen LogP contribution in [-0.4, -0.2) is 17.1 Å². The van der Waals surface area contributed by atoms with Crippen molar-refractivity contribution in [2.75, 3.05) is 0 Å². The number of aliphatic carboxylic acids is 1.